The molecule has 0 spiro atoms. The van der Waals surface area contributed by atoms with Crippen LogP contribution in [0, 0.1) is 0 Å². The average Bonchev–Trinajstić information content (AvgIpc) is 2.46. The van der Waals surface area contributed by atoms with Crippen molar-refractivity contribution in [1.82, 2.24) is 9.80 Å². The molecular weight excluding hydrogens is 264 g/mol. The highest BCUT2D eigenvalue weighted by atomic mass is 16.5. The smallest absolute Gasteiger partial charge is 0.180 e. The maximum Gasteiger partial charge on any atom is 0.180 e. The van der Waals surface area contributed by atoms with Crippen LogP contribution in [-0.2, 0) is 0 Å². The van der Waals surface area contributed by atoms with Crippen molar-refractivity contribution in [3.8, 4) is 5.75 Å². The predicted octanol–water partition coefficient (Wildman–Crippen LogP) is 2.54. The lowest BCUT2D eigenvalue weighted by atomic mass is 10.1. The summed E-state index contributed by atoms with van der Waals surface area (Å²) in [6.45, 7) is 7.92. The molecule has 0 aliphatic rings. The Morgan fingerprint density at radius 1 is 1.14 bits per heavy atom. The number of benzene rings is 1. The Morgan fingerprint density at radius 3 is 2.48 bits per heavy atom. The summed E-state index contributed by atoms with van der Waals surface area (Å²) < 4.78 is 5.54. The van der Waals surface area contributed by atoms with Crippen molar-refractivity contribution in [2.75, 3.05) is 46.9 Å². The zero-order valence-electron chi connectivity index (χ0n) is 13.8. The van der Waals surface area contributed by atoms with E-state index in [0.717, 1.165) is 26.1 Å². The van der Waals surface area contributed by atoms with Crippen molar-refractivity contribution >= 4 is 5.78 Å². The number of rotatable bonds is 10. The van der Waals surface area contributed by atoms with Crippen molar-refractivity contribution in [2.24, 2.45) is 0 Å². The van der Waals surface area contributed by atoms with Crippen LogP contribution in [0.2, 0.25) is 0 Å². The molecule has 0 aromatic heterocycles. The highest BCUT2D eigenvalue weighted by Crippen LogP contribution is 2.18. The molecule has 0 N–H and O–H groups in total. The topological polar surface area (TPSA) is 32.8 Å². The van der Waals surface area contributed by atoms with E-state index in [0.29, 0.717) is 24.5 Å². The number of ketones is 1. The number of ether oxygens (including phenoxy) is 1. The van der Waals surface area contributed by atoms with Crippen LogP contribution in [0.5, 0.6) is 5.75 Å². The summed E-state index contributed by atoms with van der Waals surface area (Å²) in [7, 11) is 4.14. The van der Waals surface area contributed by atoms with Gasteiger partial charge in [-0.3, -0.25) is 9.69 Å². The van der Waals surface area contributed by atoms with Crippen molar-refractivity contribution in [2.45, 2.75) is 20.3 Å². The normalized spacial score (nSPS) is 11.1. The Hall–Kier alpha value is -1.39. The van der Waals surface area contributed by atoms with E-state index in [-0.39, 0.29) is 5.78 Å². The van der Waals surface area contributed by atoms with Gasteiger partial charge in [-0.15, -0.1) is 0 Å². The van der Waals surface area contributed by atoms with E-state index in [1.165, 1.54) is 0 Å². The molecule has 0 amide bonds. The van der Waals surface area contributed by atoms with E-state index in [9.17, 15) is 4.79 Å². The monoisotopic (exact) mass is 292 g/mol. The number of carbonyl (C=O) groups is 1. The van der Waals surface area contributed by atoms with Crippen LogP contribution in [0.1, 0.15) is 30.6 Å². The third-order valence-electron chi connectivity index (χ3n) is 3.38. The molecule has 4 heteroatoms. The van der Waals surface area contributed by atoms with Crippen LogP contribution in [0.25, 0.3) is 0 Å². The molecule has 118 valence electrons. The minimum Gasteiger partial charge on any atom is -0.493 e. The van der Waals surface area contributed by atoms with E-state index in [4.69, 9.17) is 4.74 Å². The highest BCUT2D eigenvalue weighted by molar-refractivity contribution is 6.00. The first kappa shape index (κ1) is 17.7. The molecule has 0 aliphatic carbocycles. The molecule has 1 aromatic rings. The Balaban J connectivity index is 2.61. The summed E-state index contributed by atoms with van der Waals surface area (Å²) in [5.41, 5.74) is 0.686. The number of carbonyl (C=O) groups excluding carboxylic acids is 1. The van der Waals surface area contributed by atoms with Gasteiger partial charge in [0.05, 0.1) is 18.7 Å². The van der Waals surface area contributed by atoms with Crippen LogP contribution in [0.4, 0.5) is 0 Å². The Labute approximate surface area is 128 Å². The van der Waals surface area contributed by atoms with Gasteiger partial charge in [-0.05, 0) is 59.2 Å². The summed E-state index contributed by atoms with van der Waals surface area (Å²) in [6, 6.07) is 7.49. The predicted molar refractivity (Wildman–Crippen MR) is 87.2 cm³/mol. The Kier molecular flexibility index (Phi) is 8.01. The molecule has 21 heavy (non-hydrogen) atoms. The van der Waals surface area contributed by atoms with Gasteiger partial charge in [0.2, 0.25) is 0 Å². The molecule has 0 saturated heterocycles. The second-order valence-corrected chi connectivity index (χ2v) is 5.38. The third kappa shape index (κ3) is 6.27. The summed E-state index contributed by atoms with van der Waals surface area (Å²) in [6.07, 6.45) is 1.07. The standard InChI is InChI=1S/C17H28N2O2/c1-5-19(13-9-12-18(3)4)14-16(20)15-10-7-8-11-17(15)21-6-2/h7-8,10-11H,5-6,9,12-14H2,1-4H3. The highest BCUT2D eigenvalue weighted by Gasteiger charge is 2.15. The molecule has 0 bridgehead atoms. The fourth-order valence-electron chi connectivity index (χ4n) is 2.23. The number of para-hydroxylation sites is 1. The van der Waals surface area contributed by atoms with Crippen LogP contribution in [-0.4, -0.2) is 62.5 Å². The fraction of sp³-hybridized carbons (Fsp3) is 0.588. The number of hydrogen-bond acceptors (Lipinski definition) is 4. The molecule has 0 fully saturated rings. The first-order valence-electron chi connectivity index (χ1n) is 7.70. The fourth-order valence-corrected chi connectivity index (χ4v) is 2.23. The summed E-state index contributed by atoms with van der Waals surface area (Å²) in [4.78, 5) is 16.8. The van der Waals surface area contributed by atoms with Crippen LogP contribution in [0.15, 0.2) is 24.3 Å². The number of likely N-dealkylation sites (N-methyl/N-ethyl adjacent to an activating group) is 1. The Morgan fingerprint density at radius 2 is 1.86 bits per heavy atom. The van der Waals surface area contributed by atoms with Gasteiger partial charge in [0.25, 0.3) is 0 Å². The second kappa shape index (κ2) is 9.53. The molecule has 1 aromatic carbocycles. The van der Waals surface area contributed by atoms with Gasteiger partial charge < -0.3 is 9.64 Å². The van der Waals surface area contributed by atoms with Crippen LogP contribution >= 0.6 is 0 Å². The lowest BCUT2D eigenvalue weighted by molar-refractivity contribution is 0.0928. The Bertz CT molecular complexity index is 433. The van der Waals surface area contributed by atoms with Crippen molar-refractivity contribution in [1.29, 1.82) is 0 Å². The minimum atomic E-state index is 0.130. The van der Waals surface area contributed by atoms with Gasteiger partial charge in [0.1, 0.15) is 5.75 Å². The maximum atomic E-state index is 12.5. The minimum absolute atomic E-state index is 0.130. The van der Waals surface area contributed by atoms with E-state index in [1.807, 2.05) is 31.2 Å². The zero-order chi connectivity index (χ0) is 15.7. The summed E-state index contributed by atoms with van der Waals surface area (Å²) in [5.74, 6) is 0.820. The molecule has 0 unspecified atom stereocenters. The number of hydrogen-bond donors (Lipinski definition) is 0. The lowest BCUT2D eigenvalue weighted by Gasteiger charge is -2.21. The number of Topliss-reactive ketones (excluding diaryl/α,β-unsaturated/α-hetero) is 1. The molecule has 0 saturated carbocycles. The van der Waals surface area contributed by atoms with Crippen LogP contribution in [0.3, 0.4) is 0 Å². The van der Waals surface area contributed by atoms with Gasteiger partial charge in [0.15, 0.2) is 5.78 Å². The van der Waals surface area contributed by atoms with E-state index in [1.54, 1.807) is 0 Å². The van der Waals surface area contributed by atoms with E-state index < -0.39 is 0 Å². The molecule has 0 radical (unpaired) electrons. The van der Waals surface area contributed by atoms with Crippen molar-refractivity contribution in [3.05, 3.63) is 29.8 Å². The molecule has 0 atom stereocenters. The second-order valence-electron chi connectivity index (χ2n) is 5.38. The van der Waals surface area contributed by atoms with Crippen molar-refractivity contribution in [3.63, 3.8) is 0 Å². The van der Waals surface area contributed by atoms with Crippen molar-refractivity contribution < 1.29 is 9.53 Å². The molecule has 0 aliphatic heterocycles. The average molecular weight is 292 g/mol. The van der Waals surface area contributed by atoms with Gasteiger partial charge >= 0.3 is 0 Å². The zero-order valence-corrected chi connectivity index (χ0v) is 13.8. The summed E-state index contributed by atoms with van der Waals surface area (Å²) in [5, 5.41) is 0. The number of nitrogens with zero attached hydrogens (tertiary/aromatic N) is 2. The molecule has 1 rings (SSSR count). The summed E-state index contributed by atoms with van der Waals surface area (Å²) >= 11 is 0. The van der Waals surface area contributed by atoms with Gasteiger partial charge in [-0.2, -0.15) is 0 Å². The first-order valence-corrected chi connectivity index (χ1v) is 7.70. The molecule has 0 heterocycles. The van der Waals surface area contributed by atoms with Gasteiger partial charge in [-0.1, -0.05) is 19.1 Å². The van der Waals surface area contributed by atoms with Gasteiger partial charge in [0, 0.05) is 0 Å². The largest absolute Gasteiger partial charge is 0.493 e. The van der Waals surface area contributed by atoms with Crippen LogP contribution < -0.4 is 4.74 Å². The third-order valence-corrected chi connectivity index (χ3v) is 3.38. The maximum absolute atomic E-state index is 12.5. The molecule has 4 nitrogen and oxygen atoms in total. The lowest BCUT2D eigenvalue weighted by Crippen LogP contribution is -2.32. The molecular formula is C17H28N2O2. The van der Waals surface area contributed by atoms with Gasteiger partial charge in [-0.25, -0.2) is 0 Å². The van der Waals surface area contributed by atoms with E-state index in [2.05, 4.69) is 30.8 Å². The quantitative estimate of drug-likeness (QED) is 0.620. The first-order chi connectivity index (χ1) is 10.1. The van der Waals surface area contributed by atoms with E-state index >= 15 is 0 Å². The SMILES string of the molecule is CCOc1ccccc1C(=O)CN(CC)CCCN(C)C.